The highest BCUT2D eigenvalue weighted by molar-refractivity contribution is 6.33. The van der Waals surface area contributed by atoms with Crippen molar-refractivity contribution in [1.82, 2.24) is 10.2 Å². The van der Waals surface area contributed by atoms with Crippen LogP contribution in [0.3, 0.4) is 0 Å². The van der Waals surface area contributed by atoms with Crippen molar-refractivity contribution in [2.45, 2.75) is 24.7 Å². The molecule has 2 aliphatic rings. The van der Waals surface area contributed by atoms with E-state index in [-0.39, 0.29) is 18.7 Å². The third-order valence-electron chi connectivity index (χ3n) is 5.56. The summed E-state index contributed by atoms with van der Waals surface area (Å²) in [5, 5.41) is 2.78. The van der Waals surface area contributed by atoms with E-state index in [0.29, 0.717) is 29.8 Å². The fraction of sp³-hybridized carbons (Fsp3) is 0.318. The Kier molecular flexibility index (Phi) is 5.04. The minimum Gasteiger partial charge on any atom is -0.374 e. The van der Waals surface area contributed by atoms with Gasteiger partial charge in [0, 0.05) is 35.8 Å². The van der Waals surface area contributed by atoms with Crippen LogP contribution in [0.2, 0.25) is 0 Å². The second kappa shape index (κ2) is 7.51. The first-order chi connectivity index (χ1) is 13.9. The molecule has 2 aromatic rings. The Bertz CT molecular complexity index is 923. The van der Waals surface area contributed by atoms with E-state index in [2.05, 4.69) is 5.32 Å². The molecule has 1 saturated heterocycles. The van der Waals surface area contributed by atoms with Gasteiger partial charge in [-0.1, -0.05) is 42.5 Å². The summed E-state index contributed by atoms with van der Waals surface area (Å²) < 4.78 is 5.71. The fourth-order valence-corrected chi connectivity index (χ4v) is 3.98. The standard InChI is InChI=1S/C22H23N3O4/c1-14(23)18-13-25(11-12-29-18)22(24-21(28)15-7-3-2-4-8-15)19(26)16-9-5-6-10-17(16)20(22)27/h2-10,14,18H,11-13,23H2,1H3,(H,24,28). The largest absolute Gasteiger partial charge is 0.374 e. The van der Waals surface area contributed by atoms with E-state index in [1.54, 1.807) is 59.5 Å². The highest BCUT2D eigenvalue weighted by Crippen LogP contribution is 2.34. The average molecular weight is 393 g/mol. The van der Waals surface area contributed by atoms with Crippen LogP contribution in [-0.2, 0) is 4.74 Å². The van der Waals surface area contributed by atoms with Crippen LogP contribution in [0, 0.1) is 0 Å². The van der Waals surface area contributed by atoms with Gasteiger partial charge in [-0.05, 0) is 19.1 Å². The number of ketones is 2. The Morgan fingerprint density at radius 1 is 1.10 bits per heavy atom. The van der Waals surface area contributed by atoms with E-state index in [1.165, 1.54) is 0 Å². The summed E-state index contributed by atoms with van der Waals surface area (Å²) >= 11 is 0. The van der Waals surface area contributed by atoms with Crippen molar-refractivity contribution in [3.05, 3.63) is 71.3 Å². The number of rotatable bonds is 4. The van der Waals surface area contributed by atoms with Crippen LogP contribution in [-0.4, -0.2) is 59.9 Å². The third-order valence-corrected chi connectivity index (χ3v) is 5.56. The van der Waals surface area contributed by atoms with Crippen molar-refractivity contribution in [2.75, 3.05) is 19.7 Å². The van der Waals surface area contributed by atoms with Gasteiger partial charge >= 0.3 is 0 Å². The van der Waals surface area contributed by atoms with Crippen LogP contribution < -0.4 is 11.1 Å². The van der Waals surface area contributed by atoms with Gasteiger partial charge in [0.2, 0.25) is 17.2 Å². The number of ether oxygens (including phenoxy) is 1. The van der Waals surface area contributed by atoms with Crippen molar-refractivity contribution in [2.24, 2.45) is 5.73 Å². The summed E-state index contributed by atoms with van der Waals surface area (Å²) in [6.07, 6.45) is -0.349. The first-order valence-electron chi connectivity index (χ1n) is 9.63. The zero-order chi connectivity index (χ0) is 20.6. The average Bonchev–Trinajstić information content (AvgIpc) is 2.97. The van der Waals surface area contributed by atoms with Crippen LogP contribution >= 0.6 is 0 Å². The number of amides is 1. The molecule has 1 amide bonds. The van der Waals surface area contributed by atoms with Crippen LogP contribution in [0.25, 0.3) is 0 Å². The first kappa shape index (κ1) is 19.4. The predicted octanol–water partition coefficient (Wildman–Crippen LogP) is 1.24. The summed E-state index contributed by atoms with van der Waals surface area (Å²) in [5.41, 5.74) is 5.21. The highest BCUT2D eigenvalue weighted by Gasteiger charge is 2.58. The molecule has 0 saturated carbocycles. The van der Waals surface area contributed by atoms with Gasteiger partial charge < -0.3 is 15.8 Å². The van der Waals surface area contributed by atoms with Crippen LogP contribution in [0.1, 0.15) is 38.0 Å². The Hall–Kier alpha value is -2.87. The van der Waals surface area contributed by atoms with Gasteiger partial charge in [-0.25, -0.2) is 0 Å². The predicted molar refractivity (Wildman–Crippen MR) is 107 cm³/mol. The van der Waals surface area contributed by atoms with E-state index in [0.717, 1.165) is 0 Å². The molecule has 4 rings (SSSR count). The normalized spacial score (nSPS) is 22.2. The number of nitrogens with one attached hydrogen (secondary N) is 1. The smallest absolute Gasteiger partial charge is 0.253 e. The Morgan fingerprint density at radius 2 is 1.69 bits per heavy atom. The van der Waals surface area contributed by atoms with Gasteiger partial charge in [-0.3, -0.25) is 19.3 Å². The molecule has 0 spiro atoms. The van der Waals surface area contributed by atoms with E-state index >= 15 is 0 Å². The number of carbonyl (C=O) groups excluding carboxylic acids is 3. The maximum absolute atomic E-state index is 13.5. The van der Waals surface area contributed by atoms with Crippen LogP contribution in [0.15, 0.2) is 54.6 Å². The molecule has 2 aromatic carbocycles. The van der Waals surface area contributed by atoms with Crippen molar-refractivity contribution in [3.63, 3.8) is 0 Å². The summed E-state index contributed by atoms with van der Waals surface area (Å²) in [4.78, 5) is 41.8. The molecule has 2 unspecified atom stereocenters. The molecule has 7 heteroatoms. The van der Waals surface area contributed by atoms with E-state index < -0.39 is 23.1 Å². The molecule has 7 nitrogen and oxygen atoms in total. The Morgan fingerprint density at radius 3 is 2.28 bits per heavy atom. The number of hydrogen-bond donors (Lipinski definition) is 2. The maximum Gasteiger partial charge on any atom is 0.253 e. The highest BCUT2D eigenvalue weighted by atomic mass is 16.5. The third kappa shape index (κ3) is 3.17. The molecule has 2 atom stereocenters. The quantitative estimate of drug-likeness (QED) is 0.758. The molecule has 0 aromatic heterocycles. The van der Waals surface area contributed by atoms with Gasteiger partial charge in [0.1, 0.15) is 0 Å². The molecular formula is C22H23N3O4. The molecule has 0 radical (unpaired) electrons. The topological polar surface area (TPSA) is 102 Å². The van der Waals surface area contributed by atoms with Gasteiger partial charge in [-0.2, -0.15) is 0 Å². The second-order valence-electron chi connectivity index (χ2n) is 7.45. The number of nitrogens with two attached hydrogens (primary N) is 1. The Balaban J connectivity index is 1.77. The number of morpholine rings is 1. The molecule has 3 N–H and O–H groups in total. The van der Waals surface area contributed by atoms with Gasteiger partial charge in [0.15, 0.2) is 0 Å². The van der Waals surface area contributed by atoms with Crippen LogP contribution in [0.5, 0.6) is 0 Å². The summed E-state index contributed by atoms with van der Waals surface area (Å²) in [6.45, 7) is 2.71. The minimum absolute atomic E-state index is 0.262. The molecule has 1 aliphatic carbocycles. The molecular weight excluding hydrogens is 370 g/mol. The van der Waals surface area contributed by atoms with E-state index in [9.17, 15) is 14.4 Å². The minimum atomic E-state index is -1.80. The van der Waals surface area contributed by atoms with Crippen molar-refractivity contribution in [3.8, 4) is 0 Å². The summed E-state index contributed by atoms with van der Waals surface area (Å²) in [6, 6.07) is 14.9. The van der Waals surface area contributed by atoms with Crippen LogP contribution in [0.4, 0.5) is 0 Å². The molecule has 1 aliphatic heterocycles. The zero-order valence-corrected chi connectivity index (χ0v) is 16.1. The summed E-state index contributed by atoms with van der Waals surface area (Å²) in [7, 11) is 0. The van der Waals surface area contributed by atoms with Gasteiger partial charge in [-0.15, -0.1) is 0 Å². The zero-order valence-electron chi connectivity index (χ0n) is 16.1. The van der Waals surface area contributed by atoms with Crippen molar-refractivity contribution in [1.29, 1.82) is 0 Å². The molecule has 1 fully saturated rings. The fourth-order valence-electron chi connectivity index (χ4n) is 3.98. The summed E-state index contributed by atoms with van der Waals surface area (Å²) in [5.74, 6) is -1.33. The van der Waals surface area contributed by atoms with Gasteiger partial charge in [0.25, 0.3) is 5.91 Å². The van der Waals surface area contributed by atoms with Crippen molar-refractivity contribution < 1.29 is 19.1 Å². The lowest BCUT2D eigenvalue weighted by molar-refractivity contribution is -0.0653. The Labute approximate surface area is 168 Å². The van der Waals surface area contributed by atoms with Gasteiger partial charge in [0.05, 0.1) is 12.7 Å². The lowest BCUT2D eigenvalue weighted by atomic mass is 9.98. The monoisotopic (exact) mass is 393 g/mol. The number of fused-ring (bicyclic) bond motifs is 1. The molecule has 29 heavy (non-hydrogen) atoms. The number of nitrogens with zero attached hydrogens (tertiary/aromatic N) is 1. The van der Waals surface area contributed by atoms with E-state index in [1.807, 2.05) is 6.92 Å². The van der Waals surface area contributed by atoms with Crippen molar-refractivity contribution >= 4 is 17.5 Å². The molecule has 1 heterocycles. The van der Waals surface area contributed by atoms with E-state index in [4.69, 9.17) is 10.5 Å². The number of Topliss-reactive ketones (excluding diaryl/α,β-unsaturated/α-hetero) is 2. The lowest BCUT2D eigenvalue weighted by Crippen LogP contribution is -2.71. The lowest BCUT2D eigenvalue weighted by Gasteiger charge is -2.44. The SMILES string of the molecule is CC(N)C1CN(C2(NC(=O)c3ccccc3)C(=O)c3ccccc3C2=O)CCO1. The number of benzene rings is 2. The molecule has 150 valence electrons. The molecule has 0 bridgehead atoms. The number of hydrogen-bond acceptors (Lipinski definition) is 6. The number of carbonyl (C=O) groups is 3. The maximum atomic E-state index is 13.5. The first-order valence-corrected chi connectivity index (χ1v) is 9.63. The second-order valence-corrected chi connectivity index (χ2v) is 7.45.